The highest BCUT2D eigenvalue weighted by Gasteiger charge is 2.07. The highest BCUT2D eigenvalue weighted by atomic mass is 16.5. The molecular formula is C11H13NO4. The van der Waals surface area contributed by atoms with Gasteiger partial charge in [-0.2, -0.15) is 0 Å². The van der Waals surface area contributed by atoms with Crippen LogP contribution in [0.5, 0.6) is 0 Å². The number of hydrogen-bond donors (Lipinski definition) is 2. The molecule has 0 aliphatic carbocycles. The van der Waals surface area contributed by atoms with Crippen LogP contribution in [0.25, 0.3) is 0 Å². The number of rotatable bonds is 4. The van der Waals surface area contributed by atoms with Gasteiger partial charge in [-0.1, -0.05) is 12.1 Å². The Morgan fingerprint density at radius 3 is 2.44 bits per heavy atom. The van der Waals surface area contributed by atoms with Crippen LogP contribution in [0.15, 0.2) is 24.3 Å². The second-order valence-electron chi connectivity index (χ2n) is 3.11. The van der Waals surface area contributed by atoms with Crippen molar-refractivity contribution in [2.45, 2.75) is 6.61 Å². The van der Waals surface area contributed by atoms with E-state index >= 15 is 0 Å². The zero-order valence-corrected chi connectivity index (χ0v) is 8.90. The van der Waals surface area contributed by atoms with Gasteiger partial charge in [-0.25, -0.2) is 0 Å². The number of hydrogen-bond acceptors (Lipinski definition) is 4. The number of methoxy groups -OCH3 is 1. The molecule has 5 heteroatoms. The second kappa shape index (κ2) is 5.87. The number of nitrogens with one attached hydrogen (secondary N) is 1. The van der Waals surface area contributed by atoms with E-state index in [1.54, 1.807) is 24.3 Å². The van der Waals surface area contributed by atoms with Gasteiger partial charge in [0.25, 0.3) is 5.91 Å². The largest absolute Gasteiger partial charge is 0.468 e. The fraction of sp³-hybridized carbons (Fsp3) is 0.273. The molecule has 0 heterocycles. The first kappa shape index (κ1) is 12.2. The summed E-state index contributed by atoms with van der Waals surface area (Å²) in [7, 11) is 1.25. The summed E-state index contributed by atoms with van der Waals surface area (Å²) in [5.41, 5.74) is 1.16. The summed E-state index contributed by atoms with van der Waals surface area (Å²) in [5, 5.41) is 11.2. The van der Waals surface area contributed by atoms with Crippen LogP contribution in [-0.2, 0) is 16.1 Å². The maximum absolute atomic E-state index is 11.5. The highest BCUT2D eigenvalue weighted by Crippen LogP contribution is 2.03. The lowest BCUT2D eigenvalue weighted by atomic mass is 10.1. The fourth-order valence-corrected chi connectivity index (χ4v) is 1.09. The smallest absolute Gasteiger partial charge is 0.325 e. The van der Waals surface area contributed by atoms with E-state index in [9.17, 15) is 9.59 Å². The molecule has 0 saturated heterocycles. The van der Waals surface area contributed by atoms with Gasteiger partial charge in [0.2, 0.25) is 0 Å². The Hall–Kier alpha value is -1.88. The normalized spacial score (nSPS) is 9.62. The number of amides is 1. The fourth-order valence-electron chi connectivity index (χ4n) is 1.09. The molecule has 0 aliphatic rings. The van der Waals surface area contributed by atoms with Crippen LogP contribution in [0.3, 0.4) is 0 Å². The first-order chi connectivity index (χ1) is 7.67. The van der Waals surface area contributed by atoms with Gasteiger partial charge in [-0.3, -0.25) is 9.59 Å². The van der Waals surface area contributed by atoms with Crippen LogP contribution in [0.4, 0.5) is 0 Å². The lowest BCUT2D eigenvalue weighted by Gasteiger charge is -2.04. The Balaban J connectivity index is 2.56. The average molecular weight is 223 g/mol. The molecule has 0 aromatic heterocycles. The zero-order valence-electron chi connectivity index (χ0n) is 8.90. The van der Waals surface area contributed by atoms with E-state index < -0.39 is 5.97 Å². The predicted octanol–water partition coefficient (Wildman–Crippen LogP) is 0.0817. The monoisotopic (exact) mass is 223 g/mol. The molecule has 2 N–H and O–H groups in total. The van der Waals surface area contributed by atoms with Gasteiger partial charge in [-0.15, -0.1) is 0 Å². The Morgan fingerprint density at radius 1 is 1.31 bits per heavy atom. The number of carbonyl (C=O) groups is 2. The third kappa shape index (κ3) is 3.36. The molecule has 1 aromatic carbocycles. The number of aliphatic hydroxyl groups excluding tert-OH is 1. The summed E-state index contributed by atoms with van der Waals surface area (Å²) in [4.78, 5) is 22.3. The van der Waals surface area contributed by atoms with Crippen molar-refractivity contribution in [1.82, 2.24) is 5.32 Å². The Morgan fingerprint density at radius 2 is 1.94 bits per heavy atom. The number of carbonyl (C=O) groups excluding carboxylic acids is 2. The minimum absolute atomic E-state index is 0.0654. The minimum Gasteiger partial charge on any atom is -0.468 e. The molecule has 5 nitrogen and oxygen atoms in total. The number of ether oxygens (including phenoxy) is 1. The van der Waals surface area contributed by atoms with Gasteiger partial charge in [0.1, 0.15) is 6.54 Å². The van der Waals surface area contributed by atoms with Crippen molar-refractivity contribution in [2.24, 2.45) is 0 Å². The van der Waals surface area contributed by atoms with Crippen molar-refractivity contribution in [3.05, 3.63) is 35.4 Å². The lowest BCUT2D eigenvalue weighted by molar-refractivity contribution is -0.139. The number of esters is 1. The highest BCUT2D eigenvalue weighted by molar-refractivity contribution is 5.95. The molecule has 1 amide bonds. The van der Waals surface area contributed by atoms with Crippen LogP contribution in [0, 0.1) is 0 Å². The van der Waals surface area contributed by atoms with E-state index in [2.05, 4.69) is 10.1 Å². The molecule has 0 saturated carbocycles. The molecule has 1 rings (SSSR count). The summed E-state index contributed by atoms with van der Waals surface area (Å²) < 4.78 is 4.39. The summed E-state index contributed by atoms with van der Waals surface area (Å²) in [5.74, 6) is -0.852. The Kier molecular flexibility index (Phi) is 4.47. The van der Waals surface area contributed by atoms with Gasteiger partial charge in [0, 0.05) is 5.56 Å². The maximum Gasteiger partial charge on any atom is 0.325 e. The first-order valence-electron chi connectivity index (χ1n) is 4.72. The molecule has 1 aromatic rings. The van der Waals surface area contributed by atoms with Gasteiger partial charge in [-0.05, 0) is 17.7 Å². The molecule has 16 heavy (non-hydrogen) atoms. The van der Waals surface area contributed by atoms with Crippen LogP contribution < -0.4 is 5.32 Å². The van der Waals surface area contributed by atoms with Crippen LogP contribution in [-0.4, -0.2) is 30.6 Å². The molecular weight excluding hydrogens is 210 g/mol. The third-order valence-corrected chi connectivity index (χ3v) is 2.02. The summed E-state index contributed by atoms with van der Waals surface area (Å²) in [6, 6.07) is 6.45. The van der Waals surface area contributed by atoms with Crippen LogP contribution >= 0.6 is 0 Å². The number of benzene rings is 1. The standard InChI is InChI=1S/C11H13NO4/c1-16-10(14)6-12-11(15)9-4-2-8(7-13)3-5-9/h2-5,13H,6-7H2,1H3,(H,12,15). The predicted molar refractivity (Wildman–Crippen MR) is 56.7 cm³/mol. The van der Waals surface area contributed by atoms with Gasteiger partial charge < -0.3 is 15.2 Å². The quantitative estimate of drug-likeness (QED) is 0.709. The average Bonchev–Trinajstić information content (AvgIpc) is 2.35. The SMILES string of the molecule is COC(=O)CNC(=O)c1ccc(CO)cc1. The van der Waals surface area contributed by atoms with Gasteiger partial charge >= 0.3 is 5.97 Å². The topological polar surface area (TPSA) is 75.6 Å². The summed E-state index contributed by atoms with van der Waals surface area (Å²) in [6.45, 7) is -0.221. The van der Waals surface area contributed by atoms with Gasteiger partial charge in [0.15, 0.2) is 0 Å². The van der Waals surface area contributed by atoms with E-state index in [0.29, 0.717) is 5.56 Å². The van der Waals surface area contributed by atoms with Crippen molar-refractivity contribution in [3.8, 4) is 0 Å². The summed E-state index contributed by atoms with van der Waals surface area (Å²) >= 11 is 0. The molecule has 0 unspecified atom stereocenters. The van der Waals surface area contributed by atoms with E-state index in [0.717, 1.165) is 5.56 Å². The molecule has 0 atom stereocenters. The lowest BCUT2D eigenvalue weighted by Crippen LogP contribution is -2.30. The van der Waals surface area contributed by atoms with Crippen LogP contribution in [0.1, 0.15) is 15.9 Å². The maximum atomic E-state index is 11.5. The van der Waals surface area contributed by atoms with Gasteiger partial charge in [0.05, 0.1) is 13.7 Å². The molecule has 0 fully saturated rings. The molecule has 0 aliphatic heterocycles. The zero-order chi connectivity index (χ0) is 12.0. The van der Waals surface area contributed by atoms with E-state index in [4.69, 9.17) is 5.11 Å². The number of aliphatic hydroxyl groups is 1. The van der Waals surface area contributed by atoms with Crippen LogP contribution in [0.2, 0.25) is 0 Å². The minimum atomic E-state index is -0.500. The second-order valence-corrected chi connectivity index (χ2v) is 3.11. The van der Waals surface area contributed by atoms with Crippen molar-refractivity contribution in [2.75, 3.05) is 13.7 Å². The van der Waals surface area contributed by atoms with E-state index in [1.165, 1.54) is 7.11 Å². The van der Waals surface area contributed by atoms with E-state index in [-0.39, 0.29) is 19.1 Å². The van der Waals surface area contributed by atoms with Crippen molar-refractivity contribution < 1.29 is 19.4 Å². The first-order valence-corrected chi connectivity index (χ1v) is 4.72. The molecule has 0 spiro atoms. The summed E-state index contributed by atoms with van der Waals surface area (Å²) in [6.07, 6.45) is 0. The Bertz CT molecular complexity index is 372. The van der Waals surface area contributed by atoms with Crippen molar-refractivity contribution in [3.63, 3.8) is 0 Å². The molecule has 0 bridgehead atoms. The molecule has 86 valence electrons. The van der Waals surface area contributed by atoms with E-state index in [1.807, 2.05) is 0 Å². The van der Waals surface area contributed by atoms with Crippen molar-refractivity contribution >= 4 is 11.9 Å². The third-order valence-electron chi connectivity index (χ3n) is 2.02. The van der Waals surface area contributed by atoms with Crippen molar-refractivity contribution in [1.29, 1.82) is 0 Å². The Labute approximate surface area is 93.0 Å². The molecule has 0 radical (unpaired) electrons.